The van der Waals surface area contributed by atoms with Crippen molar-refractivity contribution in [3.8, 4) is 17.2 Å². The van der Waals surface area contributed by atoms with E-state index in [2.05, 4.69) is 15.9 Å². The zero-order chi connectivity index (χ0) is 18.6. The van der Waals surface area contributed by atoms with Crippen LogP contribution in [0.5, 0.6) is 17.2 Å². The minimum absolute atomic E-state index is 0.0281. The van der Waals surface area contributed by atoms with E-state index in [-0.39, 0.29) is 12.3 Å². The van der Waals surface area contributed by atoms with Crippen LogP contribution in [0.25, 0.3) is 0 Å². The molecule has 0 bridgehead atoms. The normalized spacial score (nSPS) is 10.3. The predicted molar refractivity (Wildman–Crippen MR) is 102 cm³/mol. The zero-order valence-corrected chi connectivity index (χ0v) is 16.6. The highest BCUT2D eigenvalue weighted by Crippen LogP contribution is 2.38. The Labute approximate surface area is 156 Å². The molecule has 0 heterocycles. The maximum Gasteiger partial charge on any atom is 0.231 e. The van der Waals surface area contributed by atoms with Gasteiger partial charge in [0.05, 0.1) is 27.8 Å². The summed E-state index contributed by atoms with van der Waals surface area (Å²) in [4.78, 5) is 14.4. The molecule has 5 nitrogen and oxygen atoms in total. The Morgan fingerprint density at radius 1 is 1.04 bits per heavy atom. The second kappa shape index (κ2) is 8.25. The first-order valence-corrected chi connectivity index (χ1v) is 8.52. The van der Waals surface area contributed by atoms with Crippen LogP contribution in [0.3, 0.4) is 0 Å². The van der Waals surface area contributed by atoms with Crippen LogP contribution in [0.4, 0.5) is 5.69 Å². The fourth-order valence-corrected chi connectivity index (χ4v) is 3.14. The van der Waals surface area contributed by atoms with Crippen molar-refractivity contribution in [3.05, 3.63) is 45.9 Å². The third-order valence-electron chi connectivity index (χ3n) is 3.97. The third-order valence-corrected chi connectivity index (χ3v) is 4.47. The Morgan fingerprint density at radius 2 is 1.64 bits per heavy atom. The Hall–Kier alpha value is -2.21. The number of anilines is 1. The van der Waals surface area contributed by atoms with Gasteiger partial charge < -0.3 is 19.1 Å². The van der Waals surface area contributed by atoms with Gasteiger partial charge in [0, 0.05) is 17.2 Å². The smallest absolute Gasteiger partial charge is 0.231 e. The van der Waals surface area contributed by atoms with Gasteiger partial charge in [-0.05, 0) is 48.4 Å². The first kappa shape index (κ1) is 19.1. The molecule has 0 aliphatic carbocycles. The van der Waals surface area contributed by atoms with Gasteiger partial charge in [0.1, 0.15) is 0 Å². The fraction of sp³-hybridized carbons (Fsp3) is 0.316. The summed E-state index contributed by atoms with van der Waals surface area (Å²) < 4.78 is 17.0. The molecule has 0 unspecified atom stereocenters. The Morgan fingerprint density at radius 3 is 2.12 bits per heavy atom. The number of hydrogen-bond acceptors (Lipinski definition) is 4. The van der Waals surface area contributed by atoms with Gasteiger partial charge in [-0.1, -0.05) is 15.9 Å². The summed E-state index contributed by atoms with van der Waals surface area (Å²) in [6.07, 6.45) is 0.225. The number of rotatable bonds is 6. The molecule has 0 aromatic heterocycles. The zero-order valence-electron chi connectivity index (χ0n) is 15.1. The van der Waals surface area contributed by atoms with Crippen LogP contribution in [0.1, 0.15) is 11.1 Å². The molecule has 0 saturated heterocycles. The minimum atomic E-state index is -0.0281. The molecule has 0 spiro atoms. The summed E-state index contributed by atoms with van der Waals surface area (Å²) in [6.45, 7) is 1.98. The Bertz CT molecular complexity index is 751. The second-order valence-corrected chi connectivity index (χ2v) is 6.51. The Balaban J connectivity index is 2.27. The SMILES string of the molecule is COc1cc(CC(=O)N(C)c2ccc(Br)cc2C)cc(OC)c1OC. The van der Waals surface area contributed by atoms with Crippen molar-refractivity contribution < 1.29 is 19.0 Å². The van der Waals surface area contributed by atoms with Gasteiger partial charge >= 0.3 is 0 Å². The van der Waals surface area contributed by atoms with Crippen molar-refractivity contribution in [2.24, 2.45) is 0 Å². The van der Waals surface area contributed by atoms with Crippen molar-refractivity contribution >= 4 is 27.5 Å². The first-order chi connectivity index (χ1) is 11.9. The number of benzene rings is 2. The summed E-state index contributed by atoms with van der Waals surface area (Å²) in [7, 11) is 6.44. The van der Waals surface area contributed by atoms with Crippen LogP contribution in [0.2, 0.25) is 0 Å². The van der Waals surface area contributed by atoms with E-state index in [1.165, 1.54) is 0 Å². The molecule has 0 saturated carbocycles. The topological polar surface area (TPSA) is 48.0 Å². The number of ether oxygens (including phenoxy) is 3. The molecule has 25 heavy (non-hydrogen) atoms. The lowest BCUT2D eigenvalue weighted by Gasteiger charge is -2.20. The van der Waals surface area contributed by atoms with E-state index in [0.29, 0.717) is 17.2 Å². The second-order valence-electron chi connectivity index (χ2n) is 5.59. The molecule has 0 N–H and O–H groups in total. The number of amides is 1. The lowest BCUT2D eigenvalue weighted by Crippen LogP contribution is -2.28. The number of carbonyl (C=O) groups excluding carboxylic acids is 1. The van der Waals surface area contributed by atoms with Gasteiger partial charge in [-0.2, -0.15) is 0 Å². The molecule has 0 radical (unpaired) electrons. The first-order valence-electron chi connectivity index (χ1n) is 7.72. The van der Waals surface area contributed by atoms with E-state index < -0.39 is 0 Å². The molecular weight excluding hydrogens is 386 g/mol. The molecule has 1 amide bonds. The molecule has 2 aromatic rings. The maximum absolute atomic E-state index is 12.7. The number of carbonyl (C=O) groups is 1. The molecule has 0 fully saturated rings. The molecular formula is C19H22BrNO4. The maximum atomic E-state index is 12.7. The molecule has 0 aliphatic rings. The highest BCUT2D eigenvalue weighted by molar-refractivity contribution is 9.10. The molecule has 2 rings (SSSR count). The minimum Gasteiger partial charge on any atom is -0.493 e. The van der Waals surface area contributed by atoms with Gasteiger partial charge in [0.25, 0.3) is 0 Å². The van der Waals surface area contributed by atoms with Crippen LogP contribution in [0, 0.1) is 6.92 Å². The standard InChI is InChI=1S/C19H22BrNO4/c1-12-8-14(20)6-7-15(12)21(2)18(22)11-13-9-16(23-3)19(25-5)17(10-13)24-4/h6-10H,11H2,1-5H3. The van der Waals surface area contributed by atoms with Gasteiger partial charge in [-0.25, -0.2) is 0 Å². The van der Waals surface area contributed by atoms with Gasteiger partial charge in [-0.3, -0.25) is 4.79 Å². The highest BCUT2D eigenvalue weighted by atomic mass is 79.9. The number of nitrogens with zero attached hydrogens (tertiary/aromatic N) is 1. The quantitative estimate of drug-likeness (QED) is 0.726. The van der Waals surface area contributed by atoms with E-state index in [1.54, 1.807) is 45.4 Å². The van der Waals surface area contributed by atoms with Crippen molar-refractivity contribution in [2.75, 3.05) is 33.3 Å². The number of aryl methyl sites for hydroxylation is 1. The van der Waals surface area contributed by atoms with Gasteiger partial charge in [0.2, 0.25) is 11.7 Å². The average Bonchev–Trinajstić information content (AvgIpc) is 2.60. The predicted octanol–water partition coefficient (Wildman–Crippen LogP) is 3.99. The molecule has 0 aliphatic heterocycles. The summed E-state index contributed by atoms with van der Waals surface area (Å²) >= 11 is 3.44. The van der Waals surface area contributed by atoms with Gasteiger partial charge in [0.15, 0.2) is 11.5 Å². The number of halogens is 1. The summed E-state index contributed by atoms with van der Waals surface area (Å²) in [5.41, 5.74) is 2.69. The van der Waals surface area contributed by atoms with E-state index in [0.717, 1.165) is 21.3 Å². The van der Waals surface area contributed by atoms with Crippen LogP contribution in [0.15, 0.2) is 34.8 Å². The van der Waals surface area contributed by atoms with Crippen molar-refractivity contribution in [3.63, 3.8) is 0 Å². The molecule has 134 valence electrons. The lowest BCUT2D eigenvalue weighted by atomic mass is 10.1. The number of methoxy groups -OCH3 is 3. The third kappa shape index (κ3) is 4.25. The van der Waals surface area contributed by atoms with Crippen LogP contribution in [-0.4, -0.2) is 34.3 Å². The number of likely N-dealkylation sites (N-methyl/N-ethyl adjacent to an activating group) is 1. The monoisotopic (exact) mass is 407 g/mol. The average molecular weight is 408 g/mol. The van der Waals surface area contributed by atoms with Crippen molar-refractivity contribution in [2.45, 2.75) is 13.3 Å². The van der Waals surface area contributed by atoms with Crippen LogP contribution in [-0.2, 0) is 11.2 Å². The lowest BCUT2D eigenvalue weighted by molar-refractivity contribution is -0.117. The van der Waals surface area contributed by atoms with Crippen LogP contribution < -0.4 is 19.1 Å². The summed E-state index contributed by atoms with van der Waals surface area (Å²) in [5.74, 6) is 1.55. The highest BCUT2D eigenvalue weighted by Gasteiger charge is 2.18. The van der Waals surface area contributed by atoms with E-state index >= 15 is 0 Å². The number of hydrogen-bond donors (Lipinski definition) is 0. The summed E-state index contributed by atoms with van der Waals surface area (Å²) in [5, 5.41) is 0. The van der Waals surface area contributed by atoms with Crippen LogP contribution >= 0.6 is 15.9 Å². The van der Waals surface area contributed by atoms with E-state index in [9.17, 15) is 4.79 Å². The van der Waals surface area contributed by atoms with E-state index in [1.807, 2.05) is 25.1 Å². The van der Waals surface area contributed by atoms with Crippen molar-refractivity contribution in [1.82, 2.24) is 0 Å². The molecule has 0 atom stereocenters. The van der Waals surface area contributed by atoms with Gasteiger partial charge in [-0.15, -0.1) is 0 Å². The molecule has 6 heteroatoms. The van der Waals surface area contributed by atoms with Crippen molar-refractivity contribution in [1.29, 1.82) is 0 Å². The van der Waals surface area contributed by atoms with E-state index in [4.69, 9.17) is 14.2 Å². The largest absolute Gasteiger partial charge is 0.493 e. The molecule has 2 aromatic carbocycles. The summed E-state index contributed by atoms with van der Waals surface area (Å²) in [6, 6.07) is 9.42. The fourth-order valence-electron chi connectivity index (χ4n) is 2.66. The Kier molecular flexibility index (Phi) is 6.31.